The summed E-state index contributed by atoms with van der Waals surface area (Å²) in [5.41, 5.74) is 1.87. The summed E-state index contributed by atoms with van der Waals surface area (Å²) < 4.78 is 28.3. The maximum absolute atomic E-state index is 12.5. The van der Waals surface area contributed by atoms with Gasteiger partial charge in [-0.2, -0.15) is 11.8 Å². The number of halogens is 1. The first-order valence-corrected chi connectivity index (χ1v) is 10.4. The summed E-state index contributed by atoms with van der Waals surface area (Å²) in [4.78, 5) is 0.309. The molecule has 0 aromatic heterocycles. The molecule has 0 saturated heterocycles. The fourth-order valence-corrected chi connectivity index (χ4v) is 4.90. The molecule has 4 nitrogen and oxygen atoms in total. The van der Waals surface area contributed by atoms with Crippen molar-refractivity contribution in [2.45, 2.75) is 25.3 Å². The van der Waals surface area contributed by atoms with Crippen molar-refractivity contribution in [3.8, 4) is 0 Å². The zero-order valence-electron chi connectivity index (χ0n) is 12.9. The highest BCUT2D eigenvalue weighted by molar-refractivity contribution is 9.10. The van der Waals surface area contributed by atoms with E-state index in [0.29, 0.717) is 28.4 Å². The maximum Gasteiger partial charge on any atom is 0.241 e. The molecule has 21 heavy (non-hydrogen) atoms. The van der Waals surface area contributed by atoms with Gasteiger partial charge >= 0.3 is 0 Å². The number of aryl methyl sites for hydroxylation is 1. The van der Waals surface area contributed by atoms with Crippen molar-refractivity contribution in [2.24, 2.45) is 5.92 Å². The Bertz CT molecular complexity index is 577. The predicted molar refractivity (Wildman–Crippen MR) is 94.4 cm³/mol. The van der Waals surface area contributed by atoms with E-state index in [9.17, 15) is 8.42 Å². The Labute approximate surface area is 140 Å². The van der Waals surface area contributed by atoms with Crippen LogP contribution in [-0.2, 0) is 16.6 Å². The highest BCUT2D eigenvalue weighted by Gasteiger charge is 2.20. The number of sulfonamides is 1. The second kappa shape index (κ2) is 8.53. The normalized spacial score (nSPS) is 13.4. The first-order chi connectivity index (χ1) is 9.81. The quantitative estimate of drug-likeness (QED) is 0.711. The van der Waals surface area contributed by atoms with Crippen molar-refractivity contribution < 1.29 is 8.42 Å². The van der Waals surface area contributed by atoms with Crippen molar-refractivity contribution in [1.29, 1.82) is 0 Å². The summed E-state index contributed by atoms with van der Waals surface area (Å²) in [5, 5.41) is 3.04. The molecule has 2 N–H and O–H groups in total. The van der Waals surface area contributed by atoms with Gasteiger partial charge in [0.2, 0.25) is 10.0 Å². The lowest BCUT2D eigenvalue weighted by Gasteiger charge is -2.15. The summed E-state index contributed by atoms with van der Waals surface area (Å²) in [5.74, 6) is 1.23. The molecule has 1 rings (SSSR count). The van der Waals surface area contributed by atoms with Crippen LogP contribution in [0.5, 0.6) is 0 Å². The second-order valence-corrected chi connectivity index (χ2v) is 8.61. The molecule has 120 valence electrons. The molecule has 7 heteroatoms. The van der Waals surface area contributed by atoms with E-state index in [1.807, 2.05) is 33.2 Å². The molecule has 0 saturated carbocycles. The molecular weight excluding hydrogens is 372 g/mol. The molecule has 0 fully saturated rings. The van der Waals surface area contributed by atoms with E-state index in [1.165, 1.54) is 0 Å². The molecule has 0 aliphatic rings. The molecule has 0 aliphatic heterocycles. The smallest absolute Gasteiger partial charge is 0.241 e. The fourth-order valence-electron chi connectivity index (χ4n) is 1.98. The van der Waals surface area contributed by atoms with Crippen LogP contribution in [0.2, 0.25) is 0 Å². The lowest BCUT2D eigenvalue weighted by Crippen LogP contribution is -2.29. The van der Waals surface area contributed by atoms with Gasteiger partial charge in [0, 0.05) is 17.6 Å². The van der Waals surface area contributed by atoms with Crippen molar-refractivity contribution in [3.63, 3.8) is 0 Å². The van der Waals surface area contributed by atoms with E-state index in [2.05, 4.69) is 26.0 Å². The topological polar surface area (TPSA) is 58.2 Å². The molecule has 0 spiro atoms. The Balaban J connectivity index is 3.01. The van der Waals surface area contributed by atoms with Crippen LogP contribution in [0.25, 0.3) is 0 Å². The summed E-state index contributed by atoms with van der Waals surface area (Å²) in [7, 11) is -1.66. The average molecular weight is 395 g/mol. The third-order valence-corrected chi connectivity index (χ3v) is 6.69. The number of rotatable bonds is 8. The Morgan fingerprint density at radius 3 is 2.62 bits per heavy atom. The Morgan fingerprint density at radius 2 is 2.05 bits per heavy atom. The number of hydrogen-bond donors (Lipinski definition) is 2. The van der Waals surface area contributed by atoms with Gasteiger partial charge < -0.3 is 5.32 Å². The van der Waals surface area contributed by atoms with Gasteiger partial charge in [0.05, 0.1) is 4.90 Å². The monoisotopic (exact) mass is 394 g/mol. The Morgan fingerprint density at radius 1 is 1.38 bits per heavy atom. The zero-order valence-corrected chi connectivity index (χ0v) is 16.1. The summed E-state index contributed by atoms with van der Waals surface area (Å²) >= 11 is 5.11. The lowest BCUT2D eigenvalue weighted by molar-refractivity contribution is 0.562. The van der Waals surface area contributed by atoms with Crippen molar-refractivity contribution in [2.75, 3.05) is 25.6 Å². The standard InChI is InChI=1S/C14H23BrN2O2S2/c1-10(9-20-4)7-17-21(18,19)13-6-12(8-16-3)5-11(2)14(13)15/h5-6,10,16-17H,7-9H2,1-4H3. The van der Waals surface area contributed by atoms with Gasteiger partial charge in [-0.05, 0) is 65.0 Å². The minimum absolute atomic E-state index is 0.301. The highest BCUT2D eigenvalue weighted by atomic mass is 79.9. The van der Waals surface area contributed by atoms with Crippen molar-refractivity contribution in [1.82, 2.24) is 10.0 Å². The van der Waals surface area contributed by atoms with E-state index in [1.54, 1.807) is 17.8 Å². The highest BCUT2D eigenvalue weighted by Crippen LogP contribution is 2.27. The van der Waals surface area contributed by atoms with Crippen LogP contribution >= 0.6 is 27.7 Å². The minimum Gasteiger partial charge on any atom is -0.316 e. The molecule has 1 unspecified atom stereocenters. The van der Waals surface area contributed by atoms with E-state index in [-0.39, 0.29) is 0 Å². The van der Waals surface area contributed by atoms with Gasteiger partial charge in [0.1, 0.15) is 0 Å². The van der Waals surface area contributed by atoms with E-state index >= 15 is 0 Å². The molecule has 1 aromatic rings. The Kier molecular flexibility index (Phi) is 7.70. The van der Waals surface area contributed by atoms with Crippen LogP contribution in [0.1, 0.15) is 18.1 Å². The van der Waals surface area contributed by atoms with Gasteiger partial charge in [-0.3, -0.25) is 0 Å². The molecule has 0 radical (unpaired) electrons. The van der Waals surface area contributed by atoms with Crippen molar-refractivity contribution >= 4 is 37.7 Å². The zero-order chi connectivity index (χ0) is 16.0. The largest absolute Gasteiger partial charge is 0.316 e. The van der Waals surface area contributed by atoms with Crippen LogP contribution in [0.15, 0.2) is 21.5 Å². The van der Waals surface area contributed by atoms with Gasteiger partial charge in [-0.15, -0.1) is 0 Å². The van der Waals surface area contributed by atoms with Crippen LogP contribution in [0.3, 0.4) is 0 Å². The average Bonchev–Trinajstić information content (AvgIpc) is 2.41. The molecule has 0 amide bonds. The van der Waals surface area contributed by atoms with Crippen LogP contribution in [0, 0.1) is 12.8 Å². The summed E-state index contributed by atoms with van der Waals surface area (Å²) in [6, 6.07) is 3.70. The van der Waals surface area contributed by atoms with Gasteiger partial charge in [0.25, 0.3) is 0 Å². The third-order valence-electron chi connectivity index (χ3n) is 3.02. The van der Waals surface area contributed by atoms with Crippen molar-refractivity contribution in [3.05, 3.63) is 27.7 Å². The van der Waals surface area contributed by atoms with Gasteiger partial charge in [0.15, 0.2) is 0 Å². The van der Waals surface area contributed by atoms with Gasteiger partial charge in [-0.1, -0.05) is 13.0 Å². The van der Waals surface area contributed by atoms with Crippen LogP contribution in [-0.4, -0.2) is 34.0 Å². The minimum atomic E-state index is -3.50. The number of thioether (sulfide) groups is 1. The molecule has 1 aromatic carbocycles. The van der Waals surface area contributed by atoms with E-state index in [4.69, 9.17) is 0 Å². The third kappa shape index (κ3) is 5.56. The first kappa shape index (κ1) is 19.0. The SMILES string of the molecule is CNCc1cc(C)c(Br)c(S(=O)(=O)NCC(C)CSC)c1. The predicted octanol–water partition coefficient (Wildman–Crippen LogP) is 2.75. The molecule has 0 heterocycles. The lowest BCUT2D eigenvalue weighted by atomic mass is 10.1. The number of hydrogen-bond acceptors (Lipinski definition) is 4. The first-order valence-electron chi connectivity index (χ1n) is 6.74. The van der Waals surface area contributed by atoms with E-state index < -0.39 is 10.0 Å². The number of benzene rings is 1. The van der Waals surface area contributed by atoms with E-state index in [0.717, 1.165) is 16.9 Å². The van der Waals surface area contributed by atoms with Crippen LogP contribution < -0.4 is 10.0 Å². The molecule has 0 bridgehead atoms. The molecular formula is C14H23BrN2O2S2. The molecule has 1 atom stereocenters. The summed E-state index contributed by atoms with van der Waals surface area (Å²) in [6.45, 7) is 5.03. The Hall–Kier alpha value is -0.0800. The summed E-state index contributed by atoms with van der Waals surface area (Å²) in [6.07, 6.45) is 2.02. The molecule has 0 aliphatic carbocycles. The fraction of sp³-hybridized carbons (Fsp3) is 0.571. The maximum atomic E-state index is 12.5. The number of nitrogens with one attached hydrogen (secondary N) is 2. The van der Waals surface area contributed by atoms with Crippen LogP contribution in [0.4, 0.5) is 0 Å². The van der Waals surface area contributed by atoms with Gasteiger partial charge in [-0.25, -0.2) is 13.1 Å². The second-order valence-electron chi connectivity index (χ2n) is 5.17.